The number of rotatable bonds is 5. The van der Waals surface area contributed by atoms with Gasteiger partial charge in [0, 0.05) is 25.7 Å². The number of aliphatic hydroxyl groups is 1. The summed E-state index contributed by atoms with van der Waals surface area (Å²) >= 11 is 0. The van der Waals surface area contributed by atoms with Gasteiger partial charge in [0.25, 0.3) is 0 Å². The highest BCUT2D eigenvalue weighted by Gasteiger charge is 2.45. The Kier molecular flexibility index (Phi) is 6.22. The molecule has 3 atom stereocenters. The molecular weight excluding hydrogens is 398 g/mol. The molecule has 1 aliphatic rings. The van der Waals surface area contributed by atoms with Crippen molar-refractivity contribution in [3.63, 3.8) is 0 Å². The lowest BCUT2D eigenvalue weighted by Gasteiger charge is -2.34. The van der Waals surface area contributed by atoms with Crippen LogP contribution in [0.2, 0.25) is 0 Å². The Morgan fingerprint density at radius 3 is 2.52 bits per heavy atom. The van der Waals surface area contributed by atoms with Gasteiger partial charge in [-0.25, -0.2) is 4.68 Å². The van der Waals surface area contributed by atoms with E-state index in [0.717, 1.165) is 17.0 Å². The first kappa shape index (κ1) is 22.9. The van der Waals surface area contributed by atoms with Gasteiger partial charge in [-0.1, -0.05) is 26.0 Å². The van der Waals surface area contributed by atoms with E-state index in [4.69, 9.17) is 0 Å². The summed E-state index contributed by atoms with van der Waals surface area (Å²) in [5.74, 6) is -0.534. The summed E-state index contributed by atoms with van der Waals surface area (Å²) in [4.78, 5) is 27.3. The number of aromatic nitrogens is 5. The summed E-state index contributed by atoms with van der Waals surface area (Å²) < 4.78 is 3.45. The number of aliphatic hydroxyl groups excluding tert-OH is 1. The van der Waals surface area contributed by atoms with Gasteiger partial charge in [-0.2, -0.15) is 5.10 Å². The molecule has 10 nitrogen and oxygen atoms in total. The number of β-amino-alcohol motifs (C(OH)–C–C–N with tert-alkyl or cyclic N) is 1. The van der Waals surface area contributed by atoms with Crippen molar-refractivity contribution >= 4 is 11.8 Å². The fraction of sp³-hybridized carbons (Fsp3) is 0.667. The smallest absolute Gasteiger partial charge is 0.248 e. The Balaban J connectivity index is 1.89. The predicted octanol–water partition coefficient (Wildman–Crippen LogP) is 0.743. The lowest BCUT2D eigenvalue weighted by molar-refractivity contribution is -0.144. The minimum Gasteiger partial charge on any atom is -0.391 e. The number of hydrogen-bond acceptors (Lipinski definition) is 6. The maximum absolute atomic E-state index is 13.6. The quantitative estimate of drug-likeness (QED) is 0.721. The van der Waals surface area contributed by atoms with Crippen LogP contribution in [0.1, 0.15) is 55.9 Å². The second-order valence-corrected chi connectivity index (χ2v) is 9.42. The standard InChI is InChI=1S/C21H33N7O3/c1-12-13(2)24-27(14(12)3)9-15-10-28(25-23-15)18(21(4,5)6)20(31)26-11-16(29)8-17(26)19(30)22-7/h10,16-18,29H,8-9,11H2,1-7H3,(H,22,30)/t16?,17?,18-/m1/s1. The fourth-order valence-corrected chi connectivity index (χ4v) is 4.12. The van der Waals surface area contributed by atoms with E-state index < -0.39 is 23.6 Å². The fourth-order valence-electron chi connectivity index (χ4n) is 4.12. The van der Waals surface area contributed by atoms with Gasteiger partial charge in [0.15, 0.2) is 0 Å². The van der Waals surface area contributed by atoms with Gasteiger partial charge < -0.3 is 15.3 Å². The van der Waals surface area contributed by atoms with Crippen molar-refractivity contribution in [2.75, 3.05) is 13.6 Å². The molecule has 3 rings (SSSR count). The van der Waals surface area contributed by atoms with E-state index in [9.17, 15) is 14.7 Å². The van der Waals surface area contributed by atoms with Crippen LogP contribution in [-0.4, -0.2) is 72.3 Å². The van der Waals surface area contributed by atoms with Gasteiger partial charge in [-0.05, 0) is 31.7 Å². The molecule has 1 saturated heterocycles. The molecule has 0 spiro atoms. The Bertz CT molecular complexity index is 972. The van der Waals surface area contributed by atoms with Crippen molar-refractivity contribution < 1.29 is 14.7 Å². The molecule has 2 aromatic heterocycles. The summed E-state index contributed by atoms with van der Waals surface area (Å²) in [5, 5.41) is 25.8. The largest absolute Gasteiger partial charge is 0.391 e. The van der Waals surface area contributed by atoms with Crippen molar-refractivity contribution in [1.82, 2.24) is 35.0 Å². The predicted molar refractivity (Wildman–Crippen MR) is 114 cm³/mol. The maximum Gasteiger partial charge on any atom is 0.248 e. The maximum atomic E-state index is 13.6. The van der Waals surface area contributed by atoms with E-state index in [1.54, 1.807) is 10.9 Å². The molecule has 10 heteroatoms. The number of carbonyl (C=O) groups excluding carboxylic acids is 2. The Hall–Kier alpha value is -2.75. The van der Waals surface area contributed by atoms with Crippen LogP contribution < -0.4 is 5.32 Å². The molecule has 2 unspecified atom stereocenters. The van der Waals surface area contributed by atoms with Crippen LogP contribution in [0.25, 0.3) is 0 Å². The van der Waals surface area contributed by atoms with Crippen molar-refractivity contribution in [2.45, 2.75) is 72.7 Å². The second kappa shape index (κ2) is 8.41. The van der Waals surface area contributed by atoms with E-state index in [-0.39, 0.29) is 24.8 Å². The lowest BCUT2D eigenvalue weighted by atomic mass is 9.85. The van der Waals surface area contributed by atoms with Gasteiger partial charge in [0.05, 0.1) is 24.5 Å². The third-order valence-corrected chi connectivity index (χ3v) is 6.04. The molecule has 2 aromatic rings. The van der Waals surface area contributed by atoms with E-state index in [1.807, 2.05) is 46.2 Å². The third kappa shape index (κ3) is 4.48. The lowest BCUT2D eigenvalue weighted by Crippen LogP contribution is -2.49. The van der Waals surface area contributed by atoms with Crippen LogP contribution >= 0.6 is 0 Å². The summed E-state index contributed by atoms with van der Waals surface area (Å²) in [6.45, 7) is 12.4. The Morgan fingerprint density at radius 2 is 1.97 bits per heavy atom. The molecule has 1 fully saturated rings. The zero-order valence-corrected chi connectivity index (χ0v) is 19.4. The van der Waals surface area contributed by atoms with E-state index in [1.165, 1.54) is 11.9 Å². The van der Waals surface area contributed by atoms with Gasteiger partial charge in [0.2, 0.25) is 11.8 Å². The molecule has 0 radical (unpaired) electrons. The molecule has 2 amide bonds. The molecule has 0 bridgehead atoms. The minimum atomic E-state index is -0.729. The summed E-state index contributed by atoms with van der Waals surface area (Å²) in [7, 11) is 1.53. The summed E-state index contributed by atoms with van der Waals surface area (Å²) in [5.41, 5.74) is 3.38. The number of amides is 2. The first-order chi connectivity index (χ1) is 14.4. The second-order valence-electron chi connectivity index (χ2n) is 9.42. The van der Waals surface area contributed by atoms with Crippen molar-refractivity contribution in [3.05, 3.63) is 28.8 Å². The van der Waals surface area contributed by atoms with Crippen LogP contribution in [0.15, 0.2) is 6.20 Å². The number of nitrogens with one attached hydrogen (secondary N) is 1. The first-order valence-corrected chi connectivity index (χ1v) is 10.6. The van der Waals surface area contributed by atoms with Crippen molar-refractivity contribution in [3.8, 4) is 0 Å². The molecule has 170 valence electrons. The van der Waals surface area contributed by atoms with Crippen LogP contribution in [0.5, 0.6) is 0 Å². The molecular formula is C21H33N7O3. The molecule has 0 saturated carbocycles. The summed E-state index contributed by atoms with van der Waals surface area (Å²) in [6.07, 6.45) is 1.26. The van der Waals surface area contributed by atoms with Gasteiger partial charge in [0.1, 0.15) is 17.8 Å². The normalized spacial score (nSPS) is 20.2. The number of carbonyl (C=O) groups is 2. The SMILES string of the molecule is CNC(=O)C1CC(O)CN1C(=O)[C@@H](n1cc(Cn2nc(C)c(C)c2C)nn1)C(C)(C)C. The molecule has 2 N–H and O–H groups in total. The third-order valence-electron chi connectivity index (χ3n) is 6.04. The highest BCUT2D eigenvalue weighted by Crippen LogP contribution is 2.34. The van der Waals surface area contributed by atoms with Gasteiger partial charge in [-0.15, -0.1) is 5.10 Å². The number of hydrogen-bond donors (Lipinski definition) is 2. The number of likely N-dealkylation sites (tertiary alicyclic amines) is 1. The van der Waals surface area contributed by atoms with Crippen LogP contribution in [0, 0.1) is 26.2 Å². The molecule has 3 heterocycles. The van der Waals surface area contributed by atoms with Crippen LogP contribution in [0.3, 0.4) is 0 Å². The number of aryl methyl sites for hydroxylation is 1. The van der Waals surface area contributed by atoms with Gasteiger partial charge >= 0.3 is 0 Å². The molecule has 31 heavy (non-hydrogen) atoms. The zero-order valence-electron chi connectivity index (χ0n) is 19.4. The summed E-state index contributed by atoms with van der Waals surface area (Å²) in [6, 6.07) is -1.37. The zero-order chi connectivity index (χ0) is 23.1. The highest BCUT2D eigenvalue weighted by molar-refractivity contribution is 5.90. The molecule has 0 aromatic carbocycles. The van der Waals surface area contributed by atoms with E-state index in [0.29, 0.717) is 12.2 Å². The average Bonchev–Trinajstić information content (AvgIpc) is 3.36. The average molecular weight is 432 g/mol. The van der Waals surface area contributed by atoms with Gasteiger partial charge in [-0.3, -0.25) is 14.3 Å². The minimum absolute atomic E-state index is 0.121. The monoisotopic (exact) mass is 431 g/mol. The molecule has 0 aliphatic carbocycles. The number of likely N-dealkylation sites (N-methyl/N-ethyl adjacent to an activating group) is 1. The topological polar surface area (TPSA) is 118 Å². The van der Waals surface area contributed by atoms with Crippen LogP contribution in [0.4, 0.5) is 0 Å². The first-order valence-electron chi connectivity index (χ1n) is 10.6. The Labute approximate surface area is 182 Å². The van der Waals surface area contributed by atoms with Crippen molar-refractivity contribution in [2.24, 2.45) is 5.41 Å². The van der Waals surface area contributed by atoms with E-state index >= 15 is 0 Å². The van der Waals surface area contributed by atoms with E-state index in [2.05, 4.69) is 20.7 Å². The highest BCUT2D eigenvalue weighted by atomic mass is 16.3. The Morgan fingerprint density at radius 1 is 1.29 bits per heavy atom. The number of nitrogens with zero attached hydrogens (tertiary/aromatic N) is 6. The molecule has 1 aliphatic heterocycles. The van der Waals surface area contributed by atoms with Crippen LogP contribution in [-0.2, 0) is 16.1 Å². The van der Waals surface area contributed by atoms with Crippen molar-refractivity contribution in [1.29, 1.82) is 0 Å².